The second-order valence-electron chi connectivity index (χ2n) is 6.72. The Hall–Kier alpha value is -0.860. The van der Waals surface area contributed by atoms with E-state index < -0.39 is 5.60 Å². The van der Waals surface area contributed by atoms with Crippen molar-refractivity contribution in [3.63, 3.8) is 0 Å². The number of rotatable bonds is 1. The Morgan fingerprint density at radius 3 is 2.11 bits per heavy atom. The van der Waals surface area contributed by atoms with E-state index in [-0.39, 0.29) is 0 Å². The van der Waals surface area contributed by atoms with Gasteiger partial charge in [0.15, 0.2) is 0 Å². The summed E-state index contributed by atoms with van der Waals surface area (Å²) < 4.78 is 0. The average molecular weight is 259 g/mol. The summed E-state index contributed by atoms with van der Waals surface area (Å²) in [7, 11) is 2.23. The van der Waals surface area contributed by atoms with E-state index in [4.69, 9.17) is 0 Å². The minimum atomic E-state index is -0.612. The molecular formula is C17H25NO. The highest BCUT2D eigenvalue weighted by Crippen LogP contribution is 2.43. The molecule has 3 rings (SSSR count). The van der Waals surface area contributed by atoms with Crippen LogP contribution in [0.2, 0.25) is 0 Å². The van der Waals surface area contributed by atoms with Crippen molar-refractivity contribution in [3.05, 3.63) is 34.9 Å². The Balaban J connectivity index is 1.95. The van der Waals surface area contributed by atoms with Gasteiger partial charge in [0, 0.05) is 12.1 Å². The van der Waals surface area contributed by atoms with Crippen molar-refractivity contribution in [2.75, 3.05) is 7.05 Å². The number of aryl methyl sites for hydroxylation is 2. The molecule has 0 aliphatic carbocycles. The maximum atomic E-state index is 11.2. The topological polar surface area (TPSA) is 23.5 Å². The third kappa shape index (κ3) is 2.32. The van der Waals surface area contributed by atoms with Crippen LogP contribution in [0.1, 0.15) is 48.8 Å². The fourth-order valence-corrected chi connectivity index (χ4v) is 4.13. The molecular weight excluding hydrogens is 234 g/mol. The molecule has 2 aliphatic rings. The second-order valence-corrected chi connectivity index (χ2v) is 6.72. The number of fused-ring (bicyclic) bond motifs is 2. The van der Waals surface area contributed by atoms with Crippen LogP contribution in [0.3, 0.4) is 0 Å². The third-order valence-electron chi connectivity index (χ3n) is 5.13. The molecule has 104 valence electrons. The molecule has 2 saturated heterocycles. The summed E-state index contributed by atoms with van der Waals surface area (Å²) >= 11 is 0. The first-order chi connectivity index (χ1) is 8.98. The monoisotopic (exact) mass is 259 g/mol. The highest BCUT2D eigenvalue weighted by molar-refractivity contribution is 5.33. The minimum absolute atomic E-state index is 0.554. The first-order valence-electron chi connectivity index (χ1n) is 7.51. The molecule has 2 heteroatoms. The summed E-state index contributed by atoms with van der Waals surface area (Å²) in [6.45, 7) is 4.24. The lowest BCUT2D eigenvalue weighted by Gasteiger charge is -2.51. The van der Waals surface area contributed by atoms with Crippen LogP contribution in [-0.4, -0.2) is 29.1 Å². The van der Waals surface area contributed by atoms with E-state index in [1.165, 1.54) is 30.4 Å². The van der Waals surface area contributed by atoms with Gasteiger partial charge in [0.2, 0.25) is 0 Å². The second kappa shape index (κ2) is 4.60. The van der Waals surface area contributed by atoms with Crippen LogP contribution in [0.25, 0.3) is 0 Å². The normalized spacial score (nSPS) is 35.4. The minimum Gasteiger partial charge on any atom is -0.385 e. The average Bonchev–Trinajstić information content (AvgIpc) is 2.30. The molecule has 0 amide bonds. The lowest BCUT2D eigenvalue weighted by Crippen LogP contribution is -2.55. The molecule has 0 saturated carbocycles. The van der Waals surface area contributed by atoms with Gasteiger partial charge in [-0.3, -0.25) is 0 Å². The van der Waals surface area contributed by atoms with E-state index in [2.05, 4.69) is 44.0 Å². The first-order valence-corrected chi connectivity index (χ1v) is 7.51. The maximum Gasteiger partial charge on any atom is 0.0926 e. The molecule has 2 bridgehead atoms. The van der Waals surface area contributed by atoms with E-state index in [0.717, 1.165) is 18.4 Å². The Morgan fingerprint density at radius 2 is 1.58 bits per heavy atom. The maximum absolute atomic E-state index is 11.2. The molecule has 1 N–H and O–H groups in total. The molecule has 1 aromatic rings. The Labute approximate surface area is 116 Å². The van der Waals surface area contributed by atoms with Crippen LogP contribution < -0.4 is 0 Å². The van der Waals surface area contributed by atoms with Gasteiger partial charge in [0.25, 0.3) is 0 Å². The van der Waals surface area contributed by atoms with Gasteiger partial charge >= 0.3 is 0 Å². The summed E-state index contributed by atoms with van der Waals surface area (Å²) in [4.78, 5) is 2.50. The van der Waals surface area contributed by atoms with E-state index in [1.807, 2.05) is 0 Å². The van der Waals surface area contributed by atoms with Crippen LogP contribution in [0, 0.1) is 13.8 Å². The van der Waals surface area contributed by atoms with Crippen molar-refractivity contribution in [1.29, 1.82) is 0 Å². The van der Waals surface area contributed by atoms with E-state index in [1.54, 1.807) is 0 Å². The van der Waals surface area contributed by atoms with Crippen molar-refractivity contribution in [2.24, 2.45) is 0 Å². The third-order valence-corrected chi connectivity index (χ3v) is 5.13. The van der Waals surface area contributed by atoms with Gasteiger partial charge < -0.3 is 10.0 Å². The first kappa shape index (κ1) is 13.1. The predicted octanol–water partition coefficient (Wildman–Crippen LogP) is 3.14. The zero-order chi connectivity index (χ0) is 13.6. The molecule has 2 aliphatic heterocycles. The largest absolute Gasteiger partial charge is 0.385 e. The Kier molecular flexibility index (Phi) is 3.18. The Bertz CT molecular complexity index is 448. The molecule has 2 fully saturated rings. The molecule has 0 radical (unpaired) electrons. The predicted molar refractivity (Wildman–Crippen MR) is 78.2 cm³/mol. The van der Waals surface area contributed by atoms with Crippen LogP contribution >= 0.6 is 0 Å². The highest BCUT2D eigenvalue weighted by Gasteiger charge is 2.44. The number of hydrogen-bond acceptors (Lipinski definition) is 2. The summed E-state index contributed by atoms with van der Waals surface area (Å²) in [5.74, 6) is 0. The van der Waals surface area contributed by atoms with Gasteiger partial charge in [-0.1, -0.05) is 35.7 Å². The quantitative estimate of drug-likeness (QED) is 0.837. The fraction of sp³-hybridized carbons (Fsp3) is 0.647. The van der Waals surface area contributed by atoms with Crippen LogP contribution in [-0.2, 0) is 5.60 Å². The Morgan fingerprint density at radius 1 is 1.05 bits per heavy atom. The lowest BCUT2D eigenvalue weighted by molar-refractivity contribution is -0.0875. The highest BCUT2D eigenvalue weighted by atomic mass is 16.3. The van der Waals surface area contributed by atoms with E-state index in [0.29, 0.717) is 12.1 Å². The summed E-state index contributed by atoms with van der Waals surface area (Å²) in [6, 6.07) is 7.64. The molecule has 2 nitrogen and oxygen atoms in total. The molecule has 2 atom stereocenters. The van der Waals surface area contributed by atoms with Crippen molar-refractivity contribution >= 4 is 0 Å². The van der Waals surface area contributed by atoms with Crippen molar-refractivity contribution in [1.82, 2.24) is 4.90 Å². The SMILES string of the molecule is Cc1cc(C)cc(C2(O)CC3CCCC(C2)N3C)c1. The number of hydrogen-bond donors (Lipinski definition) is 1. The van der Waals surface area contributed by atoms with Crippen LogP contribution in [0.5, 0.6) is 0 Å². The van der Waals surface area contributed by atoms with Gasteiger partial charge in [-0.15, -0.1) is 0 Å². The zero-order valence-electron chi connectivity index (χ0n) is 12.3. The van der Waals surface area contributed by atoms with Crippen molar-refractivity contribution < 1.29 is 5.11 Å². The lowest BCUT2D eigenvalue weighted by atomic mass is 9.72. The number of nitrogens with zero attached hydrogens (tertiary/aromatic N) is 1. The zero-order valence-corrected chi connectivity index (χ0v) is 12.3. The molecule has 1 aromatic carbocycles. The van der Waals surface area contributed by atoms with Gasteiger partial charge in [-0.25, -0.2) is 0 Å². The smallest absolute Gasteiger partial charge is 0.0926 e. The summed E-state index contributed by atoms with van der Waals surface area (Å²) in [6.07, 6.45) is 5.58. The van der Waals surface area contributed by atoms with Crippen LogP contribution in [0.4, 0.5) is 0 Å². The van der Waals surface area contributed by atoms with E-state index >= 15 is 0 Å². The van der Waals surface area contributed by atoms with Gasteiger partial charge in [0.1, 0.15) is 0 Å². The van der Waals surface area contributed by atoms with Crippen molar-refractivity contribution in [3.8, 4) is 0 Å². The summed E-state index contributed by atoms with van der Waals surface area (Å²) in [5, 5.41) is 11.2. The molecule has 2 unspecified atom stereocenters. The van der Waals surface area contributed by atoms with Crippen LogP contribution in [0.15, 0.2) is 18.2 Å². The molecule has 2 heterocycles. The standard InChI is InChI=1S/C17H25NO/c1-12-7-13(2)9-14(8-12)17(19)10-15-5-4-6-16(11-17)18(15)3/h7-9,15-16,19H,4-6,10-11H2,1-3H3. The van der Waals surface area contributed by atoms with Gasteiger partial charge in [-0.05, 0) is 52.1 Å². The van der Waals surface area contributed by atoms with E-state index in [9.17, 15) is 5.11 Å². The van der Waals surface area contributed by atoms with Crippen molar-refractivity contribution in [2.45, 2.75) is 63.6 Å². The molecule has 0 spiro atoms. The molecule has 0 aromatic heterocycles. The molecule has 19 heavy (non-hydrogen) atoms. The summed E-state index contributed by atoms with van der Waals surface area (Å²) in [5.41, 5.74) is 3.04. The fourth-order valence-electron chi connectivity index (χ4n) is 4.13. The van der Waals surface area contributed by atoms with Gasteiger partial charge in [-0.2, -0.15) is 0 Å². The van der Waals surface area contributed by atoms with Gasteiger partial charge in [0.05, 0.1) is 5.60 Å². The number of aliphatic hydroxyl groups is 1. The number of benzene rings is 1. The number of piperidine rings is 2.